The van der Waals surface area contributed by atoms with E-state index in [1.165, 1.54) is 80.0 Å². The highest BCUT2D eigenvalue weighted by Gasteiger charge is 2.28. The quantitative estimate of drug-likeness (QED) is 0.0904. The van der Waals surface area contributed by atoms with Crippen molar-refractivity contribution in [2.24, 2.45) is 0 Å². The monoisotopic (exact) mass is 641 g/mol. The van der Waals surface area contributed by atoms with Crippen molar-refractivity contribution in [2.75, 3.05) is 79.2 Å². The molecule has 0 bridgehead atoms. The topological polar surface area (TPSA) is 84.5 Å². The maximum Gasteiger partial charge on any atom is 0.407 e. The summed E-state index contributed by atoms with van der Waals surface area (Å²) in [5, 5.41) is 2.82. The van der Waals surface area contributed by atoms with Gasteiger partial charge in [-0.05, 0) is 35.1 Å². The SMILES string of the molecule is CCCCCCCCCCCCOCCOCCOCCOCCOCCCNC(=O)OCC1c2ccccc2-c2ccccc21. The minimum atomic E-state index is -0.400. The van der Waals surface area contributed by atoms with Gasteiger partial charge in [0, 0.05) is 25.7 Å². The van der Waals surface area contributed by atoms with E-state index in [2.05, 4.69) is 36.5 Å². The van der Waals surface area contributed by atoms with Gasteiger partial charge in [-0.1, -0.05) is 113 Å². The van der Waals surface area contributed by atoms with Gasteiger partial charge in [-0.25, -0.2) is 4.79 Å². The molecule has 3 rings (SSSR count). The van der Waals surface area contributed by atoms with Gasteiger partial charge in [-0.3, -0.25) is 0 Å². The molecule has 0 unspecified atom stereocenters. The lowest BCUT2D eigenvalue weighted by atomic mass is 9.98. The summed E-state index contributed by atoms with van der Waals surface area (Å²) in [7, 11) is 0. The summed E-state index contributed by atoms with van der Waals surface area (Å²) in [4.78, 5) is 12.2. The van der Waals surface area contributed by atoms with E-state index >= 15 is 0 Å². The van der Waals surface area contributed by atoms with Crippen molar-refractivity contribution in [2.45, 2.75) is 83.5 Å². The van der Waals surface area contributed by atoms with E-state index in [9.17, 15) is 4.79 Å². The van der Waals surface area contributed by atoms with Gasteiger partial charge in [0.05, 0.1) is 52.9 Å². The highest BCUT2D eigenvalue weighted by atomic mass is 16.6. The molecule has 0 saturated heterocycles. The molecule has 1 amide bonds. The molecule has 0 saturated carbocycles. The first-order valence-corrected chi connectivity index (χ1v) is 17.8. The molecule has 0 fully saturated rings. The Labute approximate surface area is 277 Å². The van der Waals surface area contributed by atoms with Crippen molar-refractivity contribution < 1.29 is 33.2 Å². The highest BCUT2D eigenvalue weighted by molar-refractivity contribution is 5.79. The zero-order valence-corrected chi connectivity index (χ0v) is 28.3. The van der Waals surface area contributed by atoms with E-state index in [-0.39, 0.29) is 5.92 Å². The van der Waals surface area contributed by atoms with Crippen LogP contribution in [0, 0.1) is 0 Å². The Balaban J connectivity index is 1.00. The van der Waals surface area contributed by atoms with Gasteiger partial charge in [-0.2, -0.15) is 0 Å². The lowest BCUT2D eigenvalue weighted by Gasteiger charge is -2.14. The normalized spacial score (nSPS) is 12.3. The summed E-state index contributed by atoms with van der Waals surface area (Å²) in [6.45, 7) is 8.90. The second kappa shape index (κ2) is 25.6. The van der Waals surface area contributed by atoms with Gasteiger partial charge in [0.2, 0.25) is 0 Å². The second-order valence-corrected chi connectivity index (χ2v) is 11.8. The lowest BCUT2D eigenvalue weighted by molar-refractivity contribution is -0.0113. The van der Waals surface area contributed by atoms with Crippen LogP contribution < -0.4 is 5.32 Å². The fourth-order valence-electron chi connectivity index (χ4n) is 5.69. The smallest absolute Gasteiger partial charge is 0.407 e. The van der Waals surface area contributed by atoms with Crippen LogP contribution in [0.15, 0.2) is 48.5 Å². The van der Waals surface area contributed by atoms with Crippen LogP contribution in [0.2, 0.25) is 0 Å². The summed E-state index contributed by atoms with van der Waals surface area (Å²) < 4.78 is 33.4. The molecular formula is C38H59NO7. The van der Waals surface area contributed by atoms with Crippen LogP contribution in [-0.4, -0.2) is 85.3 Å². The molecule has 0 aliphatic heterocycles. The van der Waals surface area contributed by atoms with Gasteiger partial charge >= 0.3 is 6.09 Å². The maximum absolute atomic E-state index is 12.2. The molecule has 0 radical (unpaired) electrons. The zero-order valence-electron chi connectivity index (χ0n) is 28.3. The Bertz CT molecular complexity index is 1000. The first kappa shape index (κ1) is 38.0. The molecule has 258 valence electrons. The average Bonchev–Trinajstić information content (AvgIpc) is 3.40. The third-order valence-electron chi connectivity index (χ3n) is 8.21. The Kier molecular flexibility index (Phi) is 21.1. The number of benzene rings is 2. The largest absolute Gasteiger partial charge is 0.449 e. The number of rotatable bonds is 29. The summed E-state index contributed by atoms with van der Waals surface area (Å²) in [6.07, 6.45) is 13.7. The fourth-order valence-corrected chi connectivity index (χ4v) is 5.69. The van der Waals surface area contributed by atoms with Crippen LogP contribution in [0.4, 0.5) is 4.79 Å². The Morgan fingerprint density at radius 1 is 0.543 bits per heavy atom. The average molecular weight is 642 g/mol. The predicted molar refractivity (Wildman–Crippen MR) is 184 cm³/mol. The summed E-state index contributed by atoms with van der Waals surface area (Å²) in [6, 6.07) is 16.6. The molecule has 0 aromatic heterocycles. The van der Waals surface area contributed by atoms with Crippen molar-refractivity contribution in [3.8, 4) is 11.1 Å². The van der Waals surface area contributed by atoms with Crippen LogP contribution in [0.1, 0.15) is 94.6 Å². The number of ether oxygens (including phenoxy) is 6. The molecule has 46 heavy (non-hydrogen) atoms. The van der Waals surface area contributed by atoms with Gasteiger partial charge in [0.15, 0.2) is 0 Å². The second-order valence-electron chi connectivity index (χ2n) is 11.8. The van der Waals surface area contributed by atoms with Crippen molar-refractivity contribution in [1.82, 2.24) is 5.32 Å². The van der Waals surface area contributed by atoms with E-state index in [0.717, 1.165) is 13.0 Å². The highest BCUT2D eigenvalue weighted by Crippen LogP contribution is 2.44. The first-order chi connectivity index (χ1) is 22.8. The Morgan fingerprint density at radius 2 is 0.957 bits per heavy atom. The van der Waals surface area contributed by atoms with E-state index in [1.807, 2.05) is 24.3 Å². The first-order valence-electron chi connectivity index (χ1n) is 17.8. The molecule has 1 N–H and O–H groups in total. The fraction of sp³-hybridized carbons (Fsp3) is 0.658. The zero-order chi connectivity index (χ0) is 32.3. The molecule has 1 aliphatic carbocycles. The molecule has 0 heterocycles. The van der Waals surface area contributed by atoms with Crippen molar-refractivity contribution in [1.29, 1.82) is 0 Å². The number of nitrogens with one attached hydrogen (secondary N) is 1. The van der Waals surface area contributed by atoms with E-state index in [4.69, 9.17) is 28.4 Å². The van der Waals surface area contributed by atoms with Gasteiger partial charge in [0.25, 0.3) is 0 Å². The lowest BCUT2D eigenvalue weighted by Crippen LogP contribution is -2.27. The van der Waals surface area contributed by atoms with Crippen LogP contribution in [-0.2, 0) is 28.4 Å². The van der Waals surface area contributed by atoms with Crippen molar-refractivity contribution in [3.63, 3.8) is 0 Å². The van der Waals surface area contributed by atoms with Crippen LogP contribution >= 0.6 is 0 Å². The van der Waals surface area contributed by atoms with E-state index < -0.39 is 6.09 Å². The van der Waals surface area contributed by atoms with Crippen molar-refractivity contribution >= 4 is 6.09 Å². The summed E-state index contributed by atoms with van der Waals surface area (Å²) >= 11 is 0. The number of hydrogen-bond acceptors (Lipinski definition) is 7. The Hall–Kier alpha value is -2.49. The van der Waals surface area contributed by atoms with E-state index in [1.54, 1.807) is 0 Å². The van der Waals surface area contributed by atoms with Crippen LogP contribution in [0.5, 0.6) is 0 Å². The van der Waals surface area contributed by atoms with Gasteiger partial charge in [0.1, 0.15) is 6.61 Å². The maximum atomic E-state index is 12.2. The minimum absolute atomic E-state index is 0.0640. The molecule has 8 heteroatoms. The number of carbonyl (C=O) groups is 1. The molecule has 1 aliphatic rings. The minimum Gasteiger partial charge on any atom is -0.449 e. The predicted octanol–water partition coefficient (Wildman–Crippen LogP) is 7.92. The van der Waals surface area contributed by atoms with Crippen LogP contribution in [0.3, 0.4) is 0 Å². The van der Waals surface area contributed by atoms with Crippen LogP contribution in [0.25, 0.3) is 11.1 Å². The molecule has 8 nitrogen and oxygen atoms in total. The van der Waals surface area contributed by atoms with Gasteiger partial charge < -0.3 is 33.7 Å². The number of amides is 1. The molecular weight excluding hydrogens is 582 g/mol. The number of alkyl carbamates (subject to hydrolysis) is 1. The summed E-state index contributed by atoms with van der Waals surface area (Å²) in [5.74, 6) is 0.0640. The number of unbranched alkanes of at least 4 members (excludes halogenated alkanes) is 9. The number of hydrogen-bond donors (Lipinski definition) is 1. The summed E-state index contributed by atoms with van der Waals surface area (Å²) in [5.41, 5.74) is 4.85. The third-order valence-corrected chi connectivity index (χ3v) is 8.21. The molecule has 0 atom stereocenters. The molecule has 0 spiro atoms. The van der Waals surface area contributed by atoms with Crippen molar-refractivity contribution in [3.05, 3.63) is 59.7 Å². The number of fused-ring (bicyclic) bond motifs is 3. The third kappa shape index (κ3) is 15.9. The van der Waals surface area contributed by atoms with E-state index in [0.29, 0.717) is 79.0 Å². The van der Waals surface area contributed by atoms with Gasteiger partial charge in [-0.15, -0.1) is 0 Å². The number of carbonyl (C=O) groups excluding carboxylic acids is 1. The molecule has 2 aromatic carbocycles. The Morgan fingerprint density at radius 3 is 1.46 bits per heavy atom. The standard InChI is InChI=1S/C38H59NO7/c1-2-3-4-5-6-7-8-9-10-15-22-41-24-26-43-28-30-45-31-29-44-27-25-42-23-16-21-39-38(40)46-32-37-35-19-13-11-17-33(35)34-18-12-14-20-36(34)37/h11-14,17-20,37H,2-10,15-16,21-32H2,1H3,(H,39,40). The molecule has 2 aromatic rings.